The largest absolute Gasteiger partial charge is 0.344 e. The van der Waals surface area contributed by atoms with Gasteiger partial charge in [-0.05, 0) is 17.8 Å². The first-order valence-electron chi connectivity index (χ1n) is 3.49. The van der Waals surface area contributed by atoms with Crippen LogP contribution in [0.1, 0.15) is 5.56 Å². The first kappa shape index (κ1) is 8.87. The molecule has 0 nitrogen and oxygen atoms in total. The molecule has 2 rings (SSSR count). The van der Waals surface area contributed by atoms with Crippen molar-refractivity contribution in [3.63, 3.8) is 0 Å². The van der Waals surface area contributed by atoms with E-state index >= 15 is 0 Å². The number of halogens is 4. The molecule has 0 saturated carbocycles. The van der Waals surface area contributed by atoms with Crippen LogP contribution in [0.5, 0.6) is 0 Å². The van der Waals surface area contributed by atoms with Gasteiger partial charge in [0.2, 0.25) is 0 Å². The number of rotatable bonds is 1. The van der Waals surface area contributed by atoms with Crippen LogP contribution in [0.25, 0.3) is 0 Å². The summed E-state index contributed by atoms with van der Waals surface area (Å²) in [7, 11) is 0. The maximum Gasteiger partial charge on any atom is 0.344 e. The highest BCUT2D eigenvalue weighted by molar-refractivity contribution is 8.08. The Hall–Kier alpha value is -0.710. The maximum absolute atomic E-state index is 13.2. The summed E-state index contributed by atoms with van der Waals surface area (Å²) < 4.78 is 51.1. The second-order valence-corrected chi connectivity index (χ2v) is 3.97. The molecule has 1 aromatic carbocycles. The first-order valence-corrected chi connectivity index (χ1v) is 4.31. The second kappa shape index (κ2) is 2.41. The molecule has 1 aliphatic heterocycles. The summed E-state index contributed by atoms with van der Waals surface area (Å²) in [5, 5.41) is -6.35. The second-order valence-electron chi connectivity index (χ2n) is 2.69. The van der Waals surface area contributed by atoms with Gasteiger partial charge < -0.3 is 0 Å². The number of benzene rings is 1. The Morgan fingerprint density at radius 2 is 1.62 bits per heavy atom. The highest BCUT2D eigenvalue weighted by atomic mass is 32.2. The molecule has 0 aromatic heterocycles. The Kier molecular flexibility index (Phi) is 1.64. The van der Waals surface area contributed by atoms with Gasteiger partial charge in [0, 0.05) is 5.56 Å². The van der Waals surface area contributed by atoms with Gasteiger partial charge >= 0.3 is 5.25 Å². The average molecular weight is 208 g/mol. The van der Waals surface area contributed by atoms with Crippen molar-refractivity contribution < 1.29 is 17.6 Å². The van der Waals surface area contributed by atoms with Gasteiger partial charge in [-0.15, -0.1) is 0 Å². The highest BCUT2D eigenvalue weighted by Crippen LogP contribution is 2.73. The van der Waals surface area contributed by atoms with E-state index in [1.54, 1.807) is 0 Å². The van der Waals surface area contributed by atoms with Gasteiger partial charge in [-0.2, -0.15) is 8.78 Å². The Labute approximate surface area is 75.9 Å². The minimum Gasteiger partial charge on any atom is -0.218 e. The molecule has 0 N–H and O–H groups in total. The zero-order chi connectivity index (χ0) is 9.69. The minimum absolute atomic E-state index is 0.177. The Bertz CT molecular complexity index is 352. The van der Waals surface area contributed by atoms with Crippen molar-refractivity contribution in [1.82, 2.24) is 0 Å². The number of hydrogen-bond acceptors (Lipinski definition) is 1. The SMILES string of the molecule is Fc1ccccc1C1(F)SC1(F)F. The quantitative estimate of drug-likeness (QED) is 0.504. The van der Waals surface area contributed by atoms with E-state index in [-0.39, 0.29) is 11.8 Å². The van der Waals surface area contributed by atoms with Crippen LogP contribution in [0.3, 0.4) is 0 Å². The zero-order valence-electron chi connectivity index (χ0n) is 6.23. The van der Waals surface area contributed by atoms with Crippen LogP contribution in [0.15, 0.2) is 24.3 Å². The molecule has 1 aromatic rings. The summed E-state index contributed by atoms with van der Waals surface area (Å²) in [6, 6.07) is 4.65. The van der Waals surface area contributed by atoms with Gasteiger partial charge in [-0.25, -0.2) is 8.78 Å². The van der Waals surface area contributed by atoms with Crippen LogP contribution in [0, 0.1) is 5.82 Å². The standard InChI is InChI=1S/C8H4F4S/c9-6-4-2-1-3-5(6)7(10)8(11,12)13-7/h1-4H. The smallest absolute Gasteiger partial charge is 0.218 e. The van der Waals surface area contributed by atoms with Gasteiger partial charge in [-0.1, -0.05) is 18.2 Å². The lowest BCUT2D eigenvalue weighted by molar-refractivity contribution is 0.0452. The van der Waals surface area contributed by atoms with Gasteiger partial charge in [0.15, 0.2) is 0 Å². The van der Waals surface area contributed by atoms with E-state index in [1.807, 2.05) is 0 Å². The molecule has 1 atom stereocenters. The van der Waals surface area contributed by atoms with Crippen LogP contribution in [0.4, 0.5) is 17.6 Å². The van der Waals surface area contributed by atoms with Crippen molar-refractivity contribution in [2.75, 3.05) is 0 Å². The molecular weight excluding hydrogens is 204 g/mol. The molecule has 1 aliphatic rings. The summed E-state index contributed by atoms with van der Waals surface area (Å²) in [4.78, 5) is 0. The molecule has 0 amide bonds. The third-order valence-electron chi connectivity index (χ3n) is 1.82. The van der Waals surface area contributed by atoms with Gasteiger partial charge in [-0.3, -0.25) is 0 Å². The van der Waals surface area contributed by atoms with Crippen LogP contribution < -0.4 is 0 Å². The lowest BCUT2D eigenvalue weighted by Crippen LogP contribution is -2.11. The molecule has 13 heavy (non-hydrogen) atoms. The molecule has 0 radical (unpaired) electrons. The van der Waals surface area contributed by atoms with Crippen LogP contribution in [0.2, 0.25) is 0 Å². The fraction of sp³-hybridized carbons (Fsp3) is 0.250. The summed E-state index contributed by atoms with van der Waals surface area (Å²) >= 11 is -0.177. The van der Waals surface area contributed by atoms with Crippen molar-refractivity contribution in [3.8, 4) is 0 Å². The molecule has 1 heterocycles. The monoisotopic (exact) mass is 208 g/mol. The van der Waals surface area contributed by atoms with Gasteiger partial charge in [0.05, 0.1) is 0 Å². The summed E-state index contributed by atoms with van der Waals surface area (Å²) in [6.45, 7) is 0. The topological polar surface area (TPSA) is 0 Å². The molecule has 1 saturated heterocycles. The first-order chi connectivity index (χ1) is 5.97. The number of hydrogen-bond donors (Lipinski definition) is 0. The molecule has 70 valence electrons. The van der Waals surface area contributed by atoms with E-state index in [1.165, 1.54) is 12.1 Å². The molecule has 0 spiro atoms. The van der Waals surface area contributed by atoms with E-state index < -0.39 is 21.6 Å². The van der Waals surface area contributed by atoms with Crippen molar-refractivity contribution in [2.45, 2.75) is 10.3 Å². The Balaban J connectivity index is 2.44. The van der Waals surface area contributed by atoms with Crippen LogP contribution >= 0.6 is 11.8 Å². The molecular formula is C8H4F4S. The maximum atomic E-state index is 13.2. The summed E-state index contributed by atoms with van der Waals surface area (Å²) in [6.07, 6.45) is 0. The van der Waals surface area contributed by atoms with Gasteiger partial charge in [0.1, 0.15) is 5.82 Å². The third kappa shape index (κ3) is 1.14. The Morgan fingerprint density at radius 3 is 2.08 bits per heavy atom. The van der Waals surface area contributed by atoms with Gasteiger partial charge in [0.25, 0.3) is 5.00 Å². The Morgan fingerprint density at radius 1 is 1.08 bits per heavy atom. The molecule has 5 heteroatoms. The number of thioether (sulfide) groups is 1. The van der Waals surface area contributed by atoms with E-state index in [0.717, 1.165) is 12.1 Å². The van der Waals surface area contributed by atoms with E-state index in [4.69, 9.17) is 0 Å². The minimum atomic E-state index is -3.49. The van der Waals surface area contributed by atoms with Crippen molar-refractivity contribution in [1.29, 1.82) is 0 Å². The number of alkyl halides is 3. The van der Waals surface area contributed by atoms with E-state index in [9.17, 15) is 17.6 Å². The normalized spacial score (nSPS) is 30.2. The van der Waals surface area contributed by atoms with Crippen molar-refractivity contribution in [2.24, 2.45) is 0 Å². The molecule has 0 aliphatic carbocycles. The van der Waals surface area contributed by atoms with Crippen molar-refractivity contribution >= 4 is 11.8 Å². The summed E-state index contributed by atoms with van der Waals surface area (Å²) in [5.41, 5.74) is -0.579. The lowest BCUT2D eigenvalue weighted by atomic mass is 10.1. The molecule has 1 fully saturated rings. The molecule has 0 bridgehead atoms. The third-order valence-corrected chi connectivity index (χ3v) is 2.91. The average Bonchev–Trinajstić information content (AvgIpc) is 2.53. The summed E-state index contributed by atoms with van der Waals surface area (Å²) in [5.74, 6) is -0.935. The fourth-order valence-corrected chi connectivity index (χ4v) is 1.77. The lowest BCUT2D eigenvalue weighted by Gasteiger charge is -2.04. The predicted octanol–water partition coefficient (Wildman–Crippen LogP) is 3.29. The van der Waals surface area contributed by atoms with E-state index in [0.29, 0.717) is 0 Å². The predicted molar refractivity (Wildman–Crippen MR) is 41.7 cm³/mol. The fourth-order valence-electron chi connectivity index (χ4n) is 1.08. The zero-order valence-corrected chi connectivity index (χ0v) is 7.05. The van der Waals surface area contributed by atoms with Crippen LogP contribution in [-0.2, 0) is 5.00 Å². The highest BCUT2D eigenvalue weighted by Gasteiger charge is 2.77. The van der Waals surface area contributed by atoms with Crippen molar-refractivity contribution in [3.05, 3.63) is 35.6 Å². The van der Waals surface area contributed by atoms with E-state index in [2.05, 4.69) is 0 Å². The molecule has 1 unspecified atom stereocenters. The van der Waals surface area contributed by atoms with Crippen LogP contribution in [-0.4, -0.2) is 5.25 Å².